The van der Waals surface area contributed by atoms with Crippen LogP contribution in [-0.2, 0) is 0 Å². The first kappa shape index (κ1) is 20.2. The molecule has 1 fully saturated rings. The van der Waals surface area contributed by atoms with E-state index in [4.69, 9.17) is 136 Å². The van der Waals surface area contributed by atoms with Crippen LogP contribution in [0.5, 0.6) is 0 Å². The van der Waals surface area contributed by atoms with Crippen molar-refractivity contribution in [1.82, 2.24) is 0 Å². The zero-order valence-corrected chi connectivity index (χ0v) is 19.6. The molecular formula is C3Cl12Si3. The normalized spacial score (nSPS) is 34.0. The van der Waals surface area contributed by atoms with E-state index >= 15 is 0 Å². The van der Waals surface area contributed by atoms with Crippen LogP contribution in [-0.4, -0.2) is 30.8 Å². The zero-order valence-electron chi connectivity index (χ0n) is 7.54. The molecule has 0 N–H and O–H groups in total. The van der Waals surface area contributed by atoms with Gasteiger partial charge in [-0.05, 0) is 0 Å². The predicted octanol–water partition coefficient (Wildman–Crippen LogP) is 6.52. The first-order valence-electron chi connectivity index (χ1n) is 3.77. The minimum absolute atomic E-state index is 2.08. The maximum absolute atomic E-state index is 6.14. The molecular weight excluding hydrogens is 546 g/mol. The van der Waals surface area contributed by atoms with Crippen molar-refractivity contribution in [3.63, 3.8) is 0 Å². The van der Waals surface area contributed by atoms with Crippen molar-refractivity contribution in [3.8, 4) is 0 Å². The highest BCUT2D eigenvalue weighted by atomic mass is 35.7. The number of alkyl halides is 6. The molecule has 0 saturated carbocycles. The van der Waals surface area contributed by atoms with Crippen molar-refractivity contribution in [2.45, 2.75) is 10.7 Å². The molecule has 1 aliphatic heterocycles. The second kappa shape index (κ2) is 5.32. The second-order valence-electron chi connectivity index (χ2n) is 3.45. The summed E-state index contributed by atoms with van der Waals surface area (Å²) in [5.74, 6) is 0. The molecule has 0 aromatic rings. The van der Waals surface area contributed by atoms with Gasteiger partial charge in [-0.15, -0.1) is 136 Å². The second-order valence-corrected chi connectivity index (χ2v) is 32.6. The summed E-state index contributed by atoms with van der Waals surface area (Å²) in [7, 11) is 0. The molecule has 0 aromatic heterocycles. The number of hydrogen-bond acceptors (Lipinski definition) is 0. The van der Waals surface area contributed by atoms with Gasteiger partial charge in [0.25, 0.3) is 0 Å². The summed E-state index contributed by atoms with van der Waals surface area (Å²) < 4.78 is -6.25. The van der Waals surface area contributed by atoms with E-state index in [9.17, 15) is 0 Å². The molecule has 0 amide bonds. The summed E-state index contributed by atoms with van der Waals surface area (Å²) in [5, 5.41) is 0. The predicted molar refractivity (Wildman–Crippen MR) is 95.7 cm³/mol. The lowest BCUT2D eigenvalue weighted by atomic mass is 11.7. The van der Waals surface area contributed by atoms with Crippen molar-refractivity contribution in [2.24, 2.45) is 0 Å². The third kappa shape index (κ3) is 2.18. The van der Waals surface area contributed by atoms with Crippen molar-refractivity contribution in [3.05, 3.63) is 0 Å². The Labute approximate surface area is 164 Å². The van der Waals surface area contributed by atoms with Gasteiger partial charge in [-0.1, -0.05) is 0 Å². The molecule has 108 valence electrons. The van der Waals surface area contributed by atoms with Crippen molar-refractivity contribution in [1.29, 1.82) is 0 Å². The fraction of sp³-hybridized carbons (Fsp3) is 1.00. The molecule has 1 saturated heterocycles. The van der Waals surface area contributed by atoms with Gasteiger partial charge < -0.3 is 0 Å². The summed E-state index contributed by atoms with van der Waals surface area (Å²) >= 11 is 73.3. The molecule has 1 aliphatic rings. The van der Waals surface area contributed by atoms with Gasteiger partial charge in [0.1, 0.15) is 0 Å². The molecule has 0 aliphatic carbocycles. The van der Waals surface area contributed by atoms with Crippen LogP contribution in [0, 0.1) is 0 Å². The highest BCUT2D eigenvalue weighted by molar-refractivity contribution is 7.80. The summed E-state index contributed by atoms with van der Waals surface area (Å²) in [4.78, 5) is 0. The Hall–Kier alpha value is 4.13. The summed E-state index contributed by atoms with van der Waals surface area (Å²) in [6, 6.07) is 0. The minimum atomic E-state index is -3.97. The van der Waals surface area contributed by atoms with E-state index < -0.39 is 30.8 Å². The van der Waals surface area contributed by atoms with Gasteiger partial charge in [0.15, 0.2) is 10.7 Å². The first-order valence-corrected chi connectivity index (χ1v) is 18.1. The van der Waals surface area contributed by atoms with Crippen LogP contribution >= 0.6 is 136 Å². The molecule has 0 unspecified atom stereocenters. The van der Waals surface area contributed by atoms with Gasteiger partial charge in [-0.2, -0.15) is 0 Å². The molecule has 0 atom stereocenters. The monoisotopic (exact) mass is 540 g/mol. The molecule has 0 bridgehead atoms. The average molecular weight is 546 g/mol. The van der Waals surface area contributed by atoms with E-state index in [0.29, 0.717) is 0 Å². The van der Waals surface area contributed by atoms with Crippen molar-refractivity contribution < 1.29 is 0 Å². The van der Waals surface area contributed by atoms with Crippen LogP contribution < -0.4 is 0 Å². The Kier molecular flexibility index (Phi) is 5.96. The zero-order chi connectivity index (χ0) is 15.0. The van der Waals surface area contributed by atoms with Crippen molar-refractivity contribution >= 4 is 156 Å². The minimum Gasteiger partial charge on any atom is -0.140 e. The highest BCUT2D eigenvalue weighted by Gasteiger charge is 2.91. The largest absolute Gasteiger partial charge is 0.320 e. The Bertz CT molecular complexity index is 254. The first-order chi connectivity index (χ1) is 7.50. The molecule has 0 aromatic carbocycles. The molecule has 18 heavy (non-hydrogen) atoms. The molecule has 0 spiro atoms. The Morgan fingerprint density at radius 3 is 0.611 bits per heavy atom. The van der Waals surface area contributed by atoms with Crippen molar-refractivity contribution in [2.75, 3.05) is 0 Å². The number of halogens is 12. The lowest BCUT2D eigenvalue weighted by Crippen LogP contribution is -2.86. The Morgan fingerprint density at radius 2 is 0.500 bits per heavy atom. The van der Waals surface area contributed by atoms with Crippen LogP contribution in [0.15, 0.2) is 0 Å². The Morgan fingerprint density at radius 1 is 0.389 bits per heavy atom. The summed E-state index contributed by atoms with van der Waals surface area (Å²) in [6.45, 7) is -11.9. The van der Waals surface area contributed by atoms with Gasteiger partial charge in [-0.25, -0.2) is 0 Å². The maximum atomic E-state index is 6.14. The van der Waals surface area contributed by atoms with Gasteiger partial charge >= 0.3 is 20.1 Å². The van der Waals surface area contributed by atoms with Gasteiger partial charge in [0.05, 0.1) is 0 Å². The van der Waals surface area contributed by atoms with E-state index in [2.05, 4.69) is 0 Å². The quantitative estimate of drug-likeness (QED) is 0.185. The van der Waals surface area contributed by atoms with E-state index in [1.54, 1.807) is 0 Å². The molecule has 0 nitrogen and oxygen atoms in total. The molecule has 1 rings (SSSR count). The molecule has 15 heteroatoms. The third-order valence-electron chi connectivity index (χ3n) is 2.37. The lowest BCUT2D eigenvalue weighted by Gasteiger charge is -2.57. The van der Waals surface area contributed by atoms with Crippen LogP contribution in [0.25, 0.3) is 0 Å². The number of hydrogen-bond donors (Lipinski definition) is 0. The van der Waals surface area contributed by atoms with Gasteiger partial charge in [-0.3, -0.25) is 0 Å². The van der Waals surface area contributed by atoms with E-state index in [0.717, 1.165) is 0 Å². The standard InChI is InChI=1S/C3Cl12Si3/c4-1(5)16(10,11)2(6,7)18(14,15)3(8,9)17(1,12)13. The van der Waals surface area contributed by atoms with E-state index in [1.807, 2.05) is 0 Å². The highest BCUT2D eigenvalue weighted by Crippen LogP contribution is 2.71. The maximum Gasteiger partial charge on any atom is 0.320 e. The third-order valence-corrected chi connectivity index (χ3v) is 46.9. The van der Waals surface area contributed by atoms with E-state index in [1.165, 1.54) is 0 Å². The Balaban J connectivity index is 3.72. The fourth-order valence-electron chi connectivity index (χ4n) is 1.18. The van der Waals surface area contributed by atoms with Crippen LogP contribution in [0.4, 0.5) is 0 Å². The summed E-state index contributed by atoms with van der Waals surface area (Å²) in [6.07, 6.45) is 0. The van der Waals surface area contributed by atoms with Crippen LogP contribution in [0.1, 0.15) is 0 Å². The van der Waals surface area contributed by atoms with E-state index in [-0.39, 0.29) is 0 Å². The van der Waals surface area contributed by atoms with Gasteiger partial charge in [0.2, 0.25) is 0 Å². The molecule has 0 radical (unpaired) electrons. The smallest absolute Gasteiger partial charge is 0.140 e. The van der Waals surface area contributed by atoms with Crippen LogP contribution in [0.2, 0.25) is 0 Å². The topological polar surface area (TPSA) is 0 Å². The lowest BCUT2D eigenvalue weighted by molar-refractivity contribution is 1.30. The number of rotatable bonds is 0. The van der Waals surface area contributed by atoms with Crippen LogP contribution in [0.3, 0.4) is 0 Å². The average Bonchev–Trinajstić information content (AvgIpc) is 2.14. The summed E-state index contributed by atoms with van der Waals surface area (Å²) in [5.41, 5.74) is 0. The molecule has 1 heterocycles. The van der Waals surface area contributed by atoms with Gasteiger partial charge in [0, 0.05) is 0 Å². The fourth-order valence-corrected chi connectivity index (χ4v) is 41.8. The SMILES string of the molecule is ClC1(Cl)[Si](Cl)(Cl)C(Cl)(Cl)[Si](Cl)(Cl)C(Cl)(Cl)[Si]1(Cl)Cl.